The smallest absolute Gasteiger partial charge is 0.237 e. The maximum Gasteiger partial charge on any atom is 0.237 e. The van der Waals surface area contributed by atoms with Gasteiger partial charge in [0.2, 0.25) is 5.91 Å². The Hall–Kier alpha value is -0.650. The highest BCUT2D eigenvalue weighted by atomic mass is 16.5. The van der Waals surface area contributed by atoms with Crippen molar-refractivity contribution in [1.29, 1.82) is 0 Å². The largest absolute Gasteiger partial charge is 0.383 e. The number of unbranched alkanes of at least 4 members (excludes halogenated alkanes) is 1. The van der Waals surface area contributed by atoms with E-state index in [2.05, 4.69) is 17.1 Å². The summed E-state index contributed by atoms with van der Waals surface area (Å²) < 4.78 is 5.22. The predicted molar refractivity (Wildman–Crippen MR) is 86.1 cm³/mol. The van der Waals surface area contributed by atoms with Crippen LogP contribution in [0.25, 0.3) is 0 Å². The Morgan fingerprint density at radius 2 is 2.10 bits per heavy atom. The number of ether oxygens (including phenoxy) is 1. The Labute approximate surface area is 129 Å². The van der Waals surface area contributed by atoms with Crippen molar-refractivity contribution in [3.8, 4) is 0 Å². The molecule has 1 saturated carbocycles. The van der Waals surface area contributed by atoms with E-state index in [4.69, 9.17) is 10.5 Å². The summed E-state index contributed by atoms with van der Waals surface area (Å²) in [6, 6.07) is 0.645. The van der Waals surface area contributed by atoms with E-state index < -0.39 is 5.54 Å². The molecular formula is C16H33N3O2. The van der Waals surface area contributed by atoms with Crippen LogP contribution in [0.2, 0.25) is 0 Å². The molecule has 124 valence electrons. The van der Waals surface area contributed by atoms with Gasteiger partial charge in [0.05, 0.1) is 12.1 Å². The predicted octanol–water partition coefficient (Wildman–Crippen LogP) is 1.37. The summed E-state index contributed by atoms with van der Waals surface area (Å²) in [6.45, 7) is 7.05. The lowest BCUT2D eigenvalue weighted by molar-refractivity contribution is -0.123. The van der Waals surface area contributed by atoms with Gasteiger partial charge in [0, 0.05) is 19.7 Å². The minimum absolute atomic E-state index is 0.271. The van der Waals surface area contributed by atoms with Gasteiger partial charge in [-0.2, -0.15) is 0 Å². The normalized spacial score (nSPS) is 19.5. The van der Waals surface area contributed by atoms with Crippen LogP contribution < -0.4 is 11.1 Å². The van der Waals surface area contributed by atoms with E-state index in [0.717, 1.165) is 44.9 Å². The van der Waals surface area contributed by atoms with Crippen LogP contribution in [0.3, 0.4) is 0 Å². The van der Waals surface area contributed by atoms with Crippen LogP contribution in [0.1, 0.15) is 46.0 Å². The number of carbonyl (C=O) groups is 1. The quantitative estimate of drug-likeness (QED) is 0.534. The second kappa shape index (κ2) is 8.71. The van der Waals surface area contributed by atoms with Crippen molar-refractivity contribution in [1.82, 2.24) is 10.2 Å². The minimum Gasteiger partial charge on any atom is -0.383 e. The fraction of sp³-hybridized carbons (Fsp3) is 0.938. The van der Waals surface area contributed by atoms with Gasteiger partial charge in [0.1, 0.15) is 0 Å². The number of methoxy groups -OCH3 is 1. The van der Waals surface area contributed by atoms with E-state index in [1.807, 2.05) is 6.92 Å². The monoisotopic (exact) mass is 299 g/mol. The lowest BCUT2D eigenvalue weighted by Gasteiger charge is -2.30. The Bertz CT molecular complexity index is 321. The molecule has 2 unspecified atom stereocenters. The van der Waals surface area contributed by atoms with Gasteiger partial charge in [-0.1, -0.05) is 0 Å². The zero-order chi connectivity index (χ0) is 15.9. The van der Waals surface area contributed by atoms with Crippen molar-refractivity contribution in [2.75, 3.05) is 33.9 Å². The van der Waals surface area contributed by atoms with Crippen LogP contribution >= 0.6 is 0 Å². The summed E-state index contributed by atoms with van der Waals surface area (Å²) in [5.41, 5.74) is 4.87. The zero-order valence-electron chi connectivity index (χ0n) is 14.2. The van der Waals surface area contributed by atoms with E-state index in [-0.39, 0.29) is 5.91 Å². The summed E-state index contributed by atoms with van der Waals surface area (Å²) >= 11 is 0. The minimum atomic E-state index is -0.584. The van der Waals surface area contributed by atoms with Crippen molar-refractivity contribution >= 4 is 5.91 Å². The molecule has 0 heterocycles. The standard InChI is InChI=1S/C16H33N3O2/c1-13(14-7-8-14)19(11-12-21-4)10-6-5-9-16(2,18-3)15(17)20/h13-14,18H,5-12H2,1-4H3,(H2,17,20). The van der Waals surface area contributed by atoms with Crippen molar-refractivity contribution < 1.29 is 9.53 Å². The van der Waals surface area contributed by atoms with Crippen LogP contribution in [0.5, 0.6) is 0 Å². The molecule has 21 heavy (non-hydrogen) atoms. The summed E-state index contributed by atoms with van der Waals surface area (Å²) in [6.07, 6.45) is 5.61. The van der Waals surface area contributed by atoms with Crippen molar-refractivity contribution in [2.45, 2.75) is 57.5 Å². The third kappa shape index (κ3) is 5.93. The number of amides is 1. The maximum absolute atomic E-state index is 11.5. The Morgan fingerprint density at radius 1 is 1.43 bits per heavy atom. The highest BCUT2D eigenvalue weighted by molar-refractivity contribution is 5.84. The Kier molecular flexibility index (Phi) is 7.63. The number of nitrogens with zero attached hydrogens (tertiary/aromatic N) is 1. The van der Waals surface area contributed by atoms with E-state index >= 15 is 0 Å². The molecule has 0 aliphatic heterocycles. The fourth-order valence-electron chi connectivity index (χ4n) is 2.77. The zero-order valence-corrected chi connectivity index (χ0v) is 14.2. The third-order valence-electron chi connectivity index (χ3n) is 4.93. The number of hydrogen-bond acceptors (Lipinski definition) is 4. The molecule has 0 saturated heterocycles. The van der Waals surface area contributed by atoms with Crippen LogP contribution in [0, 0.1) is 5.92 Å². The van der Waals surface area contributed by atoms with Gasteiger partial charge in [-0.05, 0) is 65.5 Å². The van der Waals surface area contributed by atoms with Crippen molar-refractivity contribution in [3.05, 3.63) is 0 Å². The van der Waals surface area contributed by atoms with Gasteiger partial charge in [0.15, 0.2) is 0 Å². The molecule has 1 rings (SSSR count). The second-order valence-corrected chi connectivity index (χ2v) is 6.51. The highest BCUT2D eigenvalue weighted by Crippen LogP contribution is 2.35. The van der Waals surface area contributed by atoms with Crippen molar-refractivity contribution in [2.24, 2.45) is 11.7 Å². The van der Waals surface area contributed by atoms with Gasteiger partial charge in [-0.3, -0.25) is 9.69 Å². The number of likely N-dealkylation sites (N-methyl/N-ethyl adjacent to an activating group) is 1. The van der Waals surface area contributed by atoms with Crippen LogP contribution in [0.15, 0.2) is 0 Å². The molecule has 5 heteroatoms. The molecule has 0 bridgehead atoms. The summed E-state index contributed by atoms with van der Waals surface area (Å²) in [5.74, 6) is 0.600. The topological polar surface area (TPSA) is 67.6 Å². The average Bonchev–Trinajstić information content (AvgIpc) is 3.29. The molecule has 1 fully saturated rings. The van der Waals surface area contributed by atoms with E-state index in [9.17, 15) is 4.79 Å². The first-order valence-electron chi connectivity index (χ1n) is 8.16. The highest BCUT2D eigenvalue weighted by Gasteiger charge is 2.32. The first-order valence-corrected chi connectivity index (χ1v) is 8.16. The summed E-state index contributed by atoms with van der Waals surface area (Å²) in [7, 11) is 3.55. The summed E-state index contributed by atoms with van der Waals surface area (Å²) in [4.78, 5) is 14.0. The number of nitrogens with two attached hydrogens (primary N) is 1. The van der Waals surface area contributed by atoms with Gasteiger partial charge in [-0.25, -0.2) is 0 Å². The first kappa shape index (κ1) is 18.4. The van der Waals surface area contributed by atoms with E-state index in [0.29, 0.717) is 6.04 Å². The maximum atomic E-state index is 11.5. The molecule has 1 aliphatic carbocycles. The van der Waals surface area contributed by atoms with Gasteiger partial charge in [0.25, 0.3) is 0 Å². The molecule has 0 aromatic heterocycles. The number of rotatable bonds is 12. The Morgan fingerprint density at radius 3 is 2.57 bits per heavy atom. The lowest BCUT2D eigenvalue weighted by Crippen LogP contribution is -2.51. The van der Waals surface area contributed by atoms with Gasteiger partial charge < -0.3 is 15.8 Å². The molecule has 1 amide bonds. The number of carbonyl (C=O) groups excluding carboxylic acids is 1. The molecule has 3 N–H and O–H groups in total. The number of primary amides is 1. The van der Waals surface area contributed by atoms with Crippen LogP contribution in [0.4, 0.5) is 0 Å². The number of nitrogens with one attached hydrogen (secondary N) is 1. The molecule has 2 atom stereocenters. The number of hydrogen-bond donors (Lipinski definition) is 2. The van der Waals surface area contributed by atoms with E-state index in [1.54, 1.807) is 14.2 Å². The molecule has 5 nitrogen and oxygen atoms in total. The molecular weight excluding hydrogens is 266 g/mol. The van der Waals surface area contributed by atoms with Gasteiger partial charge in [-0.15, -0.1) is 0 Å². The Balaban J connectivity index is 2.33. The SMILES string of the molecule is CNC(C)(CCCCN(CCOC)C(C)C1CC1)C(N)=O. The van der Waals surface area contributed by atoms with Crippen LogP contribution in [-0.2, 0) is 9.53 Å². The summed E-state index contributed by atoms with van der Waals surface area (Å²) in [5, 5.41) is 3.04. The van der Waals surface area contributed by atoms with E-state index in [1.165, 1.54) is 12.8 Å². The molecule has 0 aromatic rings. The third-order valence-corrected chi connectivity index (χ3v) is 4.93. The lowest BCUT2D eigenvalue weighted by atomic mass is 9.94. The second-order valence-electron chi connectivity index (χ2n) is 6.51. The van der Waals surface area contributed by atoms with Crippen LogP contribution in [-0.4, -0.2) is 56.2 Å². The molecule has 0 spiro atoms. The average molecular weight is 299 g/mol. The molecule has 0 radical (unpaired) electrons. The fourth-order valence-corrected chi connectivity index (χ4v) is 2.77. The first-order chi connectivity index (χ1) is 9.94. The van der Waals surface area contributed by atoms with Gasteiger partial charge >= 0.3 is 0 Å². The van der Waals surface area contributed by atoms with Crippen molar-refractivity contribution in [3.63, 3.8) is 0 Å². The molecule has 1 aliphatic rings. The molecule has 0 aromatic carbocycles.